The van der Waals surface area contributed by atoms with Gasteiger partial charge in [0, 0.05) is 19.3 Å². The van der Waals surface area contributed by atoms with E-state index in [1.165, 1.54) is 6.20 Å². The molecule has 0 radical (unpaired) electrons. The summed E-state index contributed by atoms with van der Waals surface area (Å²) in [5.74, 6) is 3.01. The first-order valence-corrected chi connectivity index (χ1v) is 9.57. The third-order valence-corrected chi connectivity index (χ3v) is 5.20. The molecular weight excluding hydrogens is 380 g/mol. The van der Waals surface area contributed by atoms with E-state index < -0.39 is 6.09 Å². The topological polar surface area (TPSA) is 104 Å². The zero-order valence-electron chi connectivity index (χ0n) is 16.4. The number of alkyl carbamates (subject to hydrolysis) is 1. The quantitative estimate of drug-likeness (QED) is 0.638. The number of pyridine rings is 1. The fraction of sp³-hybridized carbons (Fsp3) is 0.273. The second-order valence-corrected chi connectivity index (χ2v) is 7.20. The molecule has 3 aromatic rings. The van der Waals surface area contributed by atoms with E-state index in [-0.39, 0.29) is 6.04 Å². The number of terminal acetylenes is 1. The predicted molar refractivity (Wildman–Crippen MR) is 112 cm³/mol. The Balaban J connectivity index is 1.51. The molecule has 1 fully saturated rings. The predicted octanol–water partition coefficient (Wildman–Crippen LogP) is 2.80. The first kappa shape index (κ1) is 19.3. The molecule has 30 heavy (non-hydrogen) atoms. The van der Waals surface area contributed by atoms with Crippen LogP contribution in [-0.2, 0) is 4.74 Å². The molecule has 150 valence electrons. The number of nitrogens with zero attached hydrogens (tertiary/aromatic N) is 4. The van der Waals surface area contributed by atoms with Crippen molar-refractivity contribution in [1.82, 2.24) is 19.9 Å². The third kappa shape index (κ3) is 3.76. The normalized spacial score (nSPS) is 17.4. The maximum atomic E-state index is 11.2. The van der Waals surface area contributed by atoms with Gasteiger partial charge in [-0.3, -0.25) is 4.98 Å². The van der Waals surface area contributed by atoms with Crippen LogP contribution in [0, 0.1) is 29.6 Å². The van der Waals surface area contributed by atoms with E-state index >= 15 is 0 Å². The SMILES string of the molecule is C#Cc1cnc(-c2ccc3cc(C#N)cnn23)cc1NC1CC(COC(=O)NC)C1. The first-order chi connectivity index (χ1) is 14.6. The van der Waals surface area contributed by atoms with Gasteiger partial charge >= 0.3 is 6.09 Å². The molecule has 1 amide bonds. The molecular formula is C22H20N6O2. The van der Waals surface area contributed by atoms with Gasteiger partial charge in [0.1, 0.15) is 6.07 Å². The molecule has 0 spiro atoms. The average molecular weight is 400 g/mol. The lowest BCUT2D eigenvalue weighted by molar-refractivity contribution is 0.100. The summed E-state index contributed by atoms with van der Waals surface area (Å²) in [6.07, 6.45) is 10.2. The number of nitrogens with one attached hydrogen (secondary N) is 2. The van der Waals surface area contributed by atoms with E-state index in [9.17, 15) is 4.79 Å². The van der Waals surface area contributed by atoms with Gasteiger partial charge in [0.2, 0.25) is 0 Å². The Labute approximate surface area is 173 Å². The largest absolute Gasteiger partial charge is 0.449 e. The highest BCUT2D eigenvalue weighted by molar-refractivity contribution is 5.70. The zero-order valence-corrected chi connectivity index (χ0v) is 16.4. The van der Waals surface area contributed by atoms with E-state index in [2.05, 4.69) is 32.7 Å². The number of rotatable bonds is 5. The number of aromatic nitrogens is 3. The molecule has 4 rings (SSSR count). The number of carbonyl (C=O) groups excluding carboxylic acids is 1. The highest BCUT2D eigenvalue weighted by Gasteiger charge is 2.30. The van der Waals surface area contributed by atoms with E-state index in [1.807, 2.05) is 18.2 Å². The Morgan fingerprint density at radius 2 is 2.20 bits per heavy atom. The molecule has 1 aliphatic rings. The van der Waals surface area contributed by atoms with Crippen molar-refractivity contribution >= 4 is 17.3 Å². The van der Waals surface area contributed by atoms with Gasteiger partial charge in [-0.15, -0.1) is 6.42 Å². The van der Waals surface area contributed by atoms with Crippen molar-refractivity contribution in [2.75, 3.05) is 19.0 Å². The van der Waals surface area contributed by atoms with Gasteiger partial charge in [-0.1, -0.05) is 5.92 Å². The van der Waals surface area contributed by atoms with Gasteiger partial charge in [-0.25, -0.2) is 9.31 Å². The van der Waals surface area contributed by atoms with Crippen molar-refractivity contribution < 1.29 is 9.53 Å². The molecule has 1 saturated carbocycles. The van der Waals surface area contributed by atoms with Crippen LogP contribution in [0.2, 0.25) is 0 Å². The molecule has 3 heterocycles. The average Bonchev–Trinajstić information content (AvgIpc) is 3.17. The highest BCUT2D eigenvalue weighted by Crippen LogP contribution is 2.32. The van der Waals surface area contributed by atoms with Crippen molar-refractivity contribution in [3.8, 4) is 29.8 Å². The Hall–Kier alpha value is -4.04. The van der Waals surface area contributed by atoms with Gasteiger partial charge in [-0.05, 0) is 43.0 Å². The number of carbonyl (C=O) groups is 1. The lowest BCUT2D eigenvalue weighted by Crippen LogP contribution is -2.39. The lowest BCUT2D eigenvalue weighted by atomic mass is 9.80. The van der Waals surface area contributed by atoms with E-state index in [0.717, 1.165) is 35.4 Å². The monoisotopic (exact) mass is 400 g/mol. The summed E-state index contributed by atoms with van der Waals surface area (Å²) in [4.78, 5) is 15.7. The molecule has 0 aromatic carbocycles. The van der Waals surface area contributed by atoms with Crippen LogP contribution in [0.4, 0.5) is 10.5 Å². The third-order valence-electron chi connectivity index (χ3n) is 5.20. The molecule has 0 unspecified atom stereocenters. The van der Waals surface area contributed by atoms with Crippen LogP contribution < -0.4 is 10.6 Å². The summed E-state index contributed by atoms with van der Waals surface area (Å²) in [5.41, 5.74) is 4.38. The van der Waals surface area contributed by atoms with E-state index in [0.29, 0.717) is 23.7 Å². The van der Waals surface area contributed by atoms with E-state index in [4.69, 9.17) is 16.4 Å². The fourth-order valence-corrected chi connectivity index (χ4v) is 3.56. The van der Waals surface area contributed by atoms with Crippen LogP contribution in [0.5, 0.6) is 0 Å². The number of ether oxygens (including phenoxy) is 1. The zero-order chi connectivity index (χ0) is 21.1. The number of hydrogen-bond donors (Lipinski definition) is 2. The van der Waals surface area contributed by atoms with Crippen molar-refractivity contribution in [3.05, 3.63) is 47.8 Å². The maximum Gasteiger partial charge on any atom is 0.406 e. The molecule has 1 aliphatic carbocycles. The van der Waals surface area contributed by atoms with Crippen LogP contribution in [0.1, 0.15) is 24.0 Å². The molecule has 0 atom stereocenters. The van der Waals surface area contributed by atoms with Crippen LogP contribution in [0.25, 0.3) is 16.9 Å². The summed E-state index contributed by atoms with van der Waals surface area (Å²) in [6.45, 7) is 0.411. The van der Waals surface area contributed by atoms with Crippen molar-refractivity contribution in [1.29, 1.82) is 5.26 Å². The van der Waals surface area contributed by atoms with E-state index in [1.54, 1.807) is 23.8 Å². The maximum absolute atomic E-state index is 11.2. The second-order valence-electron chi connectivity index (χ2n) is 7.20. The number of anilines is 1. The lowest BCUT2D eigenvalue weighted by Gasteiger charge is -2.36. The number of amides is 1. The number of nitriles is 1. The molecule has 3 aromatic heterocycles. The minimum Gasteiger partial charge on any atom is -0.449 e. The minimum atomic E-state index is -0.408. The minimum absolute atomic E-state index is 0.256. The van der Waals surface area contributed by atoms with Gasteiger partial charge < -0.3 is 15.4 Å². The Morgan fingerprint density at radius 3 is 2.93 bits per heavy atom. The van der Waals surface area contributed by atoms with Gasteiger partial charge in [0.15, 0.2) is 0 Å². The van der Waals surface area contributed by atoms with Crippen LogP contribution in [0.3, 0.4) is 0 Å². The van der Waals surface area contributed by atoms with Gasteiger partial charge in [0.05, 0.1) is 46.5 Å². The van der Waals surface area contributed by atoms with Crippen molar-refractivity contribution in [2.24, 2.45) is 5.92 Å². The standard InChI is InChI=1S/C22H20N6O2/c1-3-16-12-25-20(21-5-4-18-8-15(10-23)11-26-28(18)21)9-19(16)27-17-6-14(7-17)13-30-22(29)24-2/h1,4-5,8-9,11-12,14,17H,6-7,13H2,2H3,(H,24,29)(H,25,27). The smallest absolute Gasteiger partial charge is 0.406 e. The first-order valence-electron chi connectivity index (χ1n) is 9.57. The van der Waals surface area contributed by atoms with Crippen molar-refractivity contribution in [2.45, 2.75) is 18.9 Å². The second kappa shape index (κ2) is 8.14. The fourth-order valence-electron chi connectivity index (χ4n) is 3.56. The summed E-state index contributed by atoms with van der Waals surface area (Å²) < 4.78 is 6.86. The van der Waals surface area contributed by atoms with Crippen LogP contribution in [-0.4, -0.2) is 40.4 Å². The van der Waals surface area contributed by atoms with Crippen LogP contribution >= 0.6 is 0 Å². The number of fused-ring (bicyclic) bond motifs is 1. The van der Waals surface area contributed by atoms with Crippen molar-refractivity contribution in [3.63, 3.8) is 0 Å². The highest BCUT2D eigenvalue weighted by atomic mass is 16.5. The Morgan fingerprint density at radius 1 is 1.37 bits per heavy atom. The molecule has 0 bridgehead atoms. The Bertz CT molecular complexity index is 1180. The molecule has 8 heteroatoms. The summed E-state index contributed by atoms with van der Waals surface area (Å²) in [5, 5.41) is 19.3. The number of hydrogen-bond acceptors (Lipinski definition) is 6. The summed E-state index contributed by atoms with van der Waals surface area (Å²) in [7, 11) is 1.54. The summed E-state index contributed by atoms with van der Waals surface area (Å²) in [6, 6.07) is 9.87. The molecule has 0 saturated heterocycles. The van der Waals surface area contributed by atoms with Gasteiger partial charge in [-0.2, -0.15) is 10.4 Å². The van der Waals surface area contributed by atoms with Gasteiger partial charge in [0.25, 0.3) is 0 Å². The Kier molecular flexibility index (Phi) is 5.23. The molecule has 8 nitrogen and oxygen atoms in total. The van der Waals surface area contributed by atoms with Crippen LogP contribution in [0.15, 0.2) is 36.7 Å². The summed E-state index contributed by atoms with van der Waals surface area (Å²) >= 11 is 0. The molecule has 0 aliphatic heterocycles. The molecule has 2 N–H and O–H groups in total.